The van der Waals surface area contributed by atoms with Crippen molar-refractivity contribution in [2.45, 2.75) is 37.5 Å². The maximum atomic E-state index is 14.6. The van der Waals surface area contributed by atoms with Crippen LogP contribution in [0.3, 0.4) is 0 Å². The van der Waals surface area contributed by atoms with Crippen molar-refractivity contribution in [3.63, 3.8) is 0 Å². The first-order chi connectivity index (χ1) is 20.1. The number of hydrogen-bond donors (Lipinski definition) is 2. The number of aromatic nitrogens is 2. The van der Waals surface area contributed by atoms with Crippen LogP contribution in [0.4, 0.5) is 32.0 Å². The number of halogens is 7. The number of anilines is 1. The maximum Gasteiger partial charge on any atom is 0.490 e. The molecule has 0 radical (unpaired) electrons. The Morgan fingerprint density at radius 1 is 1.07 bits per heavy atom. The van der Waals surface area contributed by atoms with Gasteiger partial charge in [-0.3, -0.25) is 9.48 Å². The van der Waals surface area contributed by atoms with Gasteiger partial charge in [-0.25, -0.2) is 18.0 Å². The minimum absolute atomic E-state index is 0.0822. The molecule has 3 aliphatic rings. The van der Waals surface area contributed by atoms with Crippen molar-refractivity contribution in [3.05, 3.63) is 69.6 Å². The van der Waals surface area contributed by atoms with Crippen LogP contribution in [0.25, 0.3) is 11.3 Å². The summed E-state index contributed by atoms with van der Waals surface area (Å²) in [6.45, 7) is 4.61. The third-order valence-corrected chi connectivity index (χ3v) is 8.36. The van der Waals surface area contributed by atoms with Gasteiger partial charge < -0.3 is 20.2 Å². The molecule has 2 saturated heterocycles. The number of hydrogen-bond acceptors (Lipinski definition) is 5. The number of nitrogens with zero attached hydrogens (tertiary/aromatic N) is 4. The zero-order chi connectivity index (χ0) is 31.4. The van der Waals surface area contributed by atoms with E-state index in [4.69, 9.17) is 21.5 Å². The van der Waals surface area contributed by atoms with Gasteiger partial charge in [-0.05, 0) is 50.6 Å². The van der Waals surface area contributed by atoms with Crippen molar-refractivity contribution in [1.82, 2.24) is 20.0 Å². The van der Waals surface area contributed by atoms with Gasteiger partial charge in [0.15, 0.2) is 0 Å². The van der Waals surface area contributed by atoms with Crippen LogP contribution in [-0.4, -0.2) is 69.6 Å². The molecule has 230 valence electrons. The summed E-state index contributed by atoms with van der Waals surface area (Å²) in [6.07, 6.45) is -3.57. The molecule has 6 rings (SSSR count). The lowest BCUT2D eigenvalue weighted by molar-refractivity contribution is -0.192. The smallest absolute Gasteiger partial charge is 0.475 e. The number of aliphatic carboxylic acids is 1. The van der Waals surface area contributed by atoms with E-state index < -0.39 is 35.6 Å². The number of aryl methyl sites for hydroxylation is 1. The maximum absolute atomic E-state index is 14.6. The minimum atomic E-state index is -5.08. The molecule has 3 aliphatic heterocycles. The van der Waals surface area contributed by atoms with E-state index in [-0.39, 0.29) is 22.0 Å². The molecule has 43 heavy (non-hydrogen) atoms. The van der Waals surface area contributed by atoms with Crippen LogP contribution in [0.15, 0.2) is 30.3 Å². The third kappa shape index (κ3) is 5.77. The Balaban J connectivity index is 0.000000472. The molecule has 2 N–H and O–H groups in total. The largest absolute Gasteiger partial charge is 0.490 e. The van der Waals surface area contributed by atoms with E-state index in [9.17, 15) is 31.1 Å². The van der Waals surface area contributed by atoms with E-state index in [0.717, 1.165) is 37.7 Å². The quantitative estimate of drug-likeness (QED) is 0.392. The summed E-state index contributed by atoms with van der Waals surface area (Å²) in [5, 5.41) is 15.4. The molecule has 2 aromatic carbocycles. The molecule has 3 aromatic rings. The summed E-state index contributed by atoms with van der Waals surface area (Å²) in [7, 11) is 1.71. The third-order valence-electron chi connectivity index (χ3n) is 7.96. The zero-order valence-corrected chi connectivity index (χ0v) is 23.7. The van der Waals surface area contributed by atoms with Crippen LogP contribution in [-0.2, 0) is 18.3 Å². The lowest BCUT2D eigenvalue weighted by Crippen LogP contribution is -2.76. The van der Waals surface area contributed by atoms with Crippen LogP contribution in [0, 0.1) is 17.5 Å². The van der Waals surface area contributed by atoms with Crippen molar-refractivity contribution in [2.24, 2.45) is 7.05 Å². The molecule has 1 spiro atoms. The predicted octanol–water partition coefficient (Wildman–Crippen LogP) is 5.10. The van der Waals surface area contributed by atoms with E-state index in [1.165, 1.54) is 24.3 Å². The van der Waals surface area contributed by atoms with Crippen molar-refractivity contribution in [2.75, 3.05) is 31.1 Å². The Bertz CT molecular complexity index is 1580. The first-order valence-electron chi connectivity index (χ1n) is 13.2. The molecule has 4 heterocycles. The van der Waals surface area contributed by atoms with Crippen molar-refractivity contribution < 1.29 is 41.0 Å². The van der Waals surface area contributed by atoms with Gasteiger partial charge in [0.2, 0.25) is 0 Å². The molecule has 1 atom stereocenters. The number of carbonyl (C=O) groups excluding carboxylic acids is 1. The van der Waals surface area contributed by atoms with Crippen molar-refractivity contribution in [3.8, 4) is 11.3 Å². The fourth-order valence-electron chi connectivity index (χ4n) is 5.79. The highest BCUT2D eigenvalue weighted by Crippen LogP contribution is 2.41. The average molecular weight is 630 g/mol. The van der Waals surface area contributed by atoms with Gasteiger partial charge >= 0.3 is 12.1 Å². The zero-order valence-electron chi connectivity index (χ0n) is 22.9. The first kappa shape index (κ1) is 30.7. The number of carbonyl (C=O) groups is 2. The second-order valence-corrected chi connectivity index (χ2v) is 11.2. The van der Waals surface area contributed by atoms with E-state index >= 15 is 0 Å². The van der Waals surface area contributed by atoms with E-state index in [2.05, 4.69) is 10.4 Å². The lowest BCUT2D eigenvalue weighted by atomic mass is 9.80. The number of carboxylic acid groups (broad SMARTS) is 1. The van der Waals surface area contributed by atoms with Gasteiger partial charge in [0.05, 0.1) is 39.2 Å². The number of nitrogens with one attached hydrogen (secondary N) is 1. The monoisotopic (exact) mass is 629 g/mol. The highest BCUT2D eigenvalue weighted by atomic mass is 35.5. The Morgan fingerprint density at radius 3 is 2.19 bits per heavy atom. The molecule has 15 heteroatoms. The van der Waals surface area contributed by atoms with Crippen molar-refractivity contribution >= 4 is 29.2 Å². The topological polar surface area (TPSA) is 90.7 Å². The number of alkyl halides is 3. The Morgan fingerprint density at radius 2 is 1.65 bits per heavy atom. The first-order valence-corrected chi connectivity index (χ1v) is 13.6. The summed E-state index contributed by atoms with van der Waals surface area (Å²) < 4.78 is 75.8. The Labute approximate surface area is 246 Å². The van der Waals surface area contributed by atoms with Gasteiger partial charge in [-0.1, -0.05) is 11.6 Å². The normalized spacial score (nSPS) is 18.8. The number of benzene rings is 2. The summed E-state index contributed by atoms with van der Waals surface area (Å²) >= 11 is 6.68. The van der Waals surface area contributed by atoms with E-state index in [1.54, 1.807) is 16.6 Å². The number of rotatable bonds is 3. The van der Waals surface area contributed by atoms with Crippen LogP contribution >= 0.6 is 11.6 Å². The minimum Gasteiger partial charge on any atom is -0.475 e. The second kappa shape index (κ2) is 11.1. The van der Waals surface area contributed by atoms with Gasteiger partial charge in [0.25, 0.3) is 5.91 Å². The summed E-state index contributed by atoms with van der Waals surface area (Å²) in [5.74, 6) is -4.98. The van der Waals surface area contributed by atoms with Crippen molar-refractivity contribution in [1.29, 1.82) is 0 Å². The molecule has 8 nitrogen and oxygen atoms in total. The molecule has 0 aliphatic carbocycles. The summed E-state index contributed by atoms with van der Waals surface area (Å²) in [6, 6.07) is 5.51. The average Bonchev–Trinajstić information content (AvgIpc) is 3.20. The molecule has 0 saturated carbocycles. The van der Waals surface area contributed by atoms with Crippen LogP contribution in [0.1, 0.15) is 41.0 Å². The summed E-state index contributed by atoms with van der Waals surface area (Å²) in [4.78, 5) is 26.1. The second-order valence-electron chi connectivity index (χ2n) is 10.8. The molecule has 0 unspecified atom stereocenters. The molecule has 2 fully saturated rings. The molecule has 1 aromatic heterocycles. The fraction of sp³-hybridized carbons (Fsp3) is 0.393. The van der Waals surface area contributed by atoms with Gasteiger partial charge in [0, 0.05) is 43.9 Å². The predicted molar refractivity (Wildman–Crippen MR) is 144 cm³/mol. The fourth-order valence-corrected chi connectivity index (χ4v) is 6.10. The van der Waals surface area contributed by atoms with Crippen LogP contribution in [0.2, 0.25) is 5.02 Å². The molecular formula is C28H26ClF6N5O3. The molecular weight excluding hydrogens is 604 g/mol. The number of amides is 1. The molecule has 0 bridgehead atoms. The Hall–Kier alpha value is -3.78. The van der Waals surface area contributed by atoms with E-state index in [0.29, 0.717) is 35.6 Å². The Kier molecular flexibility index (Phi) is 7.88. The van der Waals surface area contributed by atoms with Gasteiger partial charge in [-0.2, -0.15) is 18.3 Å². The van der Waals surface area contributed by atoms with Crippen LogP contribution < -0.4 is 10.2 Å². The van der Waals surface area contributed by atoms with Crippen LogP contribution in [0.5, 0.6) is 0 Å². The number of fused-ring (bicyclic) bond motifs is 1. The standard InChI is InChI=1S/C26H25ClF3N5O.C2HF3O2/c1-14-23-19(24(33(2)32-23)15-7-16(28)9-17(29)8-15)3-6-35(14)25(36)20-10-18(30)11-21(22(20)27)34-12-26(13-34)4-5-31-26;3-2(4,5)1(6)7/h7-11,14,31H,3-6,12-13H2,1-2H3;(H,6,7)/t14-;/m0./s1. The summed E-state index contributed by atoms with van der Waals surface area (Å²) in [5.41, 5.74) is 3.21. The molecule has 1 amide bonds. The van der Waals surface area contributed by atoms with Gasteiger partial charge in [-0.15, -0.1) is 0 Å². The van der Waals surface area contributed by atoms with Gasteiger partial charge in [0.1, 0.15) is 17.5 Å². The van der Waals surface area contributed by atoms with E-state index in [1.807, 2.05) is 11.8 Å². The SMILES string of the molecule is C[C@H]1c2nn(C)c(-c3cc(F)cc(F)c3)c2CCN1C(=O)c1cc(F)cc(N2CC3(CCN3)C2)c1Cl.O=C(O)C(F)(F)F. The highest BCUT2D eigenvalue weighted by Gasteiger charge is 2.48. The number of carboxylic acids is 1. The lowest BCUT2D eigenvalue weighted by Gasteiger charge is -2.57. The highest BCUT2D eigenvalue weighted by molar-refractivity contribution is 6.36.